The number of fused-ring (bicyclic) bond motifs is 1. The minimum atomic E-state index is -3.47. The van der Waals surface area contributed by atoms with Gasteiger partial charge in [0, 0.05) is 36.4 Å². The van der Waals surface area contributed by atoms with Crippen molar-refractivity contribution >= 4 is 26.6 Å². The Balaban J connectivity index is 1.98. The zero-order valence-electron chi connectivity index (χ0n) is 11.6. The Morgan fingerprint density at radius 3 is 2.80 bits per heavy atom. The topological polar surface area (TPSA) is 79.2 Å². The summed E-state index contributed by atoms with van der Waals surface area (Å²) in [6, 6.07) is 5.25. The molecule has 1 aromatic heterocycles. The average molecular weight is 293 g/mol. The van der Waals surface area contributed by atoms with Gasteiger partial charge >= 0.3 is 0 Å². The van der Waals surface area contributed by atoms with Gasteiger partial charge in [-0.25, -0.2) is 12.7 Å². The molecule has 0 bridgehead atoms. The van der Waals surface area contributed by atoms with Crippen LogP contribution in [-0.2, 0) is 10.0 Å². The summed E-state index contributed by atoms with van der Waals surface area (Å²) in [5.41, 5.74) is 7.10. The highest BCUT2D eigenvalue weighted by Gasteiger charge is 2.36. The highest BCUT2D eigenvalue weighted by molar-refractivity contribution is 7.89. The number of nitrogens with two attached hydrogens (primary N) is 1. The van der Waals surface area contributed by atoms with Gasteiger partial charge in [-0.3, -0.25) is 0 Å². The number of rotatable bonds is 4. The molecular formula is C14H19N3O2S. The normalized spacial score (nSPS) is 22.6. The Labute approximate surface area is 118 Å². The van der Waals surface area contributed by atoms with E-state index in [4.69, 9.17) is 5.73 Å². The van der Waals surface area contributed by atoms with E-state index in [9.17, 15) is 8.42 Å². The van der Waals surface area contributed by atoms with Crippen molar-refractivity contribution in [2.75, 3.05) is 19.3 Å². The monoisotopic (exact) mass is 293 g/mol. The second kappa shape index (κ2) is 4.49. The Morgan fingerprint density at radius 1 is 1.45 bits per heavy atom. The summed E-state index contributed by atoms with van der Waals surface area (Å²) in [5.74, 6) is 1.12. The molecule has 3 N–H and O–H groups in total. The van der Waals surface area contributed by atoms with Crippen molar-refractivity contribution in [1.82, 2.24) is 9.29 Å². The Morgan fingerprint density at radius 2 is 2.15 bits per heavy atom. The van der Waals surface area contributed by atoms with Crippen molar-refractivity contribution in [3.05, 3.63) is 24.4 Å². The van der Waals surface area contributed by atoms with Crippen molar-refractivity contribution in [2.45, 2.75) is 18.2 Å². The molecule has 0 spiro atoms. The summed E-state index contributed by atoms with van der Waals surface area (Å²) in [7, 11) is -1.83. The van der Waals surface area contributed by atoms with E-state index < -0.39 is 10.0 Å². The number of benzene rings is 1. The SMILES string of the molecule is CC1CC1CN(C)S(=O)(=O)c1c[nH]c2ccc(N)cc12. The number of sulfonamides is 1. The van der Waals surface area contributed by atoms with E-state index in [1.165, 1.54) is 4.31 Å². The van der Waals surface area contributed by atoms with Gasteiger partial charge in [0.25, 0.3) is 0 Å². The summed E-state index contributed by atoms with van der Waals surface area (Å²) in [6.07, 6.45) is 2.66. The lowest BCUT2D eigenvalue weighted by Gasteiger charge is -2.16. The van der Waals surface area contributed by atoms with Gasteiger partial charge in [-0.1, -0.05) is 6.92 Å². The number of hydrogen-bond acceptors (Lipinski definition) is 3. The number of H-pyrrole nitrogens is 1. The number of nitrogens with zero attached hydrogens (tertiary/aromatic N) is 1. The number of nitrogen functional groups attached to an aromatic ring is 1. The summed E-state index contributed by atoms with van der Waals surface area (Å²) >= 11 is 0. The first-order valence-corrected chi connectivity index (χ1v) is 8.16. The molecule has 5 nitrogen and oxygen atoms in total. The number of aromatic amines is 1. The van der Waals surface area contributed by atoms with Crippen LogP contribution in [0.1, 0.15) is 13.3 Å². The molecule has 1 aliphatic carbocycles. The lowest BCUT2D eigenvalue weighted by Crippen LogP contribution is -2.29. The van der Waals surface area contributed by atoms with Crippen molar-refractivity contribution in [3.63, 3.8) is 0 Å². The second-order valence-electron chi connectivity index (χ2n) is 5.72. The van der Waals surface area contributed by atoms with E-state index in [-0.39, 0.29) is 0 Å². The van der Waals surface area contributed by atoms with Crippen molar-refractivity contribution in [2.24, 2.45) is 11.8 Å². The zero-order chi connectivity index (χ0) is 14.5. The van der Waals surface area contributed by atoms with Crippen LogP contribution in [-0.4, -0.2) is 31.3 Å². The third-order valence-electron chi connectivity index (χ3n) is 4.12. The van der Waals surface area contributed by atoms with Gasteiger partial charge in [-0.05, 0) is 36.5 Å². The fraction of sp³-hybridized carbons (Fsp3) is 0.429. The fourth-order valence-corrected chi connectivity index (χ4v) is 3.95. The second-order valence-corrected chi connectivity index (χ2v) is 7.73. The molecule has 0 aliphatic heterocycles. The van der Waals surface area contributed by atoms with Gasteiger partial charge in [0.1, 0.15) is 4.90 Å². The van der Waals surface area contributed by atoms with Gasteiger partial charge in [0.15, 0.2) is 0 Å². The van der Waals surface area contributed by atoms with E-state index >= 15 is 0 Å². The summed E-state index contributed by atoms with van der Waals surface area (Å²) in [5, 5.41) is 0.653. The standard InChI is InChI=1S/C14H19N3O2S/c1-9-5-10(9)8-17(2)20(18,19)14-7-16-13-4-3-11(15)6-12(13)14/h3-4,6-7,9-10,16H,5,8,15H2,1-2H3. The van der Waals surface area contributed by atoms with Crippen LogP contribution in [0, 0.1) is 11.8 Å². The van der Waals surface area contributed by atoms with Crippen LogP contribution in [0.25, 0.3) is 10.9 Å². The van der Waals surface area contributed by atoms with E-state index in [2.05, 4.69) is 11.9 Å². The average Bonchev–Trinajstić information content (AvgIpc) is 2.90. The fourth-order valence-electron chi connectivity index (χ4n) is 2.58. The molecule has 6 heteroatoms. The molecule has 0 radical (unpaired) electrons. The van der Waals surface area contributed by atoms with E-state index in [1.54, 1.807) is 31.4 Å². The maximum absolute atomic E-state index is 12.7. The largest absolute Gasteiger partial charge is 0.399 e. The highest BCUT2D eigenvalue weighted by Crippen LogP contribution is 2.39. The Bertz CT molecular complexity index is 751. The minimum absolute atomic E-state index is 0.301. The van der Waals surface area contributed by atoms with Crippen LogP contribution in [0.5, 0.6) is 0 Å². The predicted octanol–water partition coefficient (Wildman–Crippen LogP) is 2.03. The molecular weight excluding hydrogens is 274 g/mol. The van der Waals surface area contributed by atoms with Crippen molar-refractivity contribution in [1.29, 1.82) is 0 Å². The highest BCUT2D eigenvalue weighted by atomic mass is 32.2. The van der Waals surface area contributed by atoms with Gasteiger partial charge in [0.05, 0.1) is 0 Å². The number of hydrogen-bond donors (Lipinski definition) is 2. The van der Waals surface area contributed by atoms with Gasteiger partial charge in [-0.15, -0.1) is 0 Å². The third kappa shape index (κ3) is 2.19. The number of aromatic nitrogens is 1. The molecule has 2 unspecified atom stereocenters. The molecule has 3 rings (SSSR count). The van der Waals surface area contributed by atoms with E-state index in [1.807, 2.05) is 0 Å². The first kappa shape index (κ1) is 13.5. The zero-order valence-corrected chi connectivity index (χ0v) is 12.4. The smallest absolute Gasteiger partial charge is 0.244 e. The van der Waals surface area contributed by atoms with Gasteiger partial charge in [-0.2, -0.15) is 0 Å². The number of anilines is 1. The molecule has 2 atom stereocenters. The summed E-state index contributed by atoms with van der Waals surface area (Å²) in [6.45, 7) is 2.73. The predicted molar refractivity (Wildman–Crippen MR) is 79.8 cm³/mol. The van der Waals surface area contributed by atoms with Gasteiger partial charge in [0.2, 0.25) is 10.0 Å². The number of nitrogens with one attached hydrogen (secondary N) is 1. The summed E-state index contributed by atoms with van der Waals surface area (Å²) < 4.78 is 26.8. The molecule has 2 aromatic rings. The van der Waals surface area contributed by atoms with Gasteiger partial charge < -0.3 is 10.7 Å². The maximum Gasteiger partial charge on any atom is 0.244 e. The quantitative estimate of drug-likeness (QED) is 0.846. The summed E-state index contributed by atoms with van der Waals surface area (Å²) in [4.78, 5) is 3.29. The molecule has 0 saturated heterocycles. The maximum atomic E-state index is 12.7. The van der Waals surface area contributed by atoms with E-state index in [0.29, 0.717) is 34.3 Å². The molecule has 20 heavy (non-hydrogen) atoms. The van der Waals surface area contributed by atoms with Crippen molar-refractivity contribution in [3.8, 4) is 0 Å². The molecule has 108 valence electrons. The Hall–Kier alpha value is -1.53. The molecule has 1 aromatic carbocycles. The Kier molecular flexibility index (Phi) is 3.02. The first-order valence-electron chi connectivity index (χ1n) is 6.72. The molecule has 1 fully saturated rings. The lowest BCUT2D eigenvalue weighted by molar-refractivity contribution is 0.445. The minimum Gasteiger partial charge on any atom is -0.399 e. The van der Waals surface area contributed by atoms with Crippen LogP contribution in [0.3, 0.4) is 0 Å². The first-order chi connectivity index (χ1) is 9.39. The molecule has 1 saturated carbocycles. The van der Waals surface area contributed by atoms with Crippen LogP contribution < -0.4 is 5.73 Å². The molecule has 1 heterocycles. The van der Waals surface area contributed by atoms with Crippen LogP contribution >= 0.6 is 0 Å². The van der Waals surface area contributed by atoms with Crippen molar-refractivity contribution < 1.29 is 8.42 Å². The lowest BCUT2D eigenvalue weighted by atomic mass is 10.2. The third-order valence-corrected chi connectivity index (χ3v) is 5.99. The van der Waals surface area contributed by atoms with E-state index in [0.717, 1.165) is 11.9 Å². The van der Waals surface area contributed by atoms with Crippen LogP contribution in [0.4, 0.5) is 5.69 Å². The molecule has 1 aliphatic rings. The molecule has 0 amide bonds. The van der Waals surface area contributed by atoms with Crippen LogP contribution in [0.15, 0.2) is 29.3 Å². The van der Waals surface area contributed by atoms with Crippen LogP contribution in [0.2, 0.25) is 0 Å².